The maximum Gasteiger partial charge on any atom is 0.343 e. The first-order chi connectivity index (χ1) is 31.6. The van der Waals surface area contributed by atoms with Gasteiger partial charge in [-0.2, -0.15) is 0 Å². The molecular formula is C52H53NO12. The fraction of sp³-hybridized carbons (Fsp3) is 0.269. The Balaban J connectivity index is 1.10. The Labute approximate surface area is 377 Å². The van der Waals surface area contributed by atoms with Crippen LogP contribution in [0, 0.1) is 0 Å². The predicted octanol–water partition coefficient (Wildman–Crippen LogP) is 10.2. The normalized spacial score (nSPS) is 10.9. The summed E-state index contributed by atoms with van der Waals surface area (Å²) >= 11 is 0. The van der Waals surface area contributed by atoms with Crippen molar-refractivity contribution in [2.45, 2.75) is 64.3 Å². The Morgan fingerprint density at radius 1 is 0.508 bits per heavy atom. The molecule has 13 heteroatoms. The van der Waals surface area contributed by atoms with Gasteiger partial charge in [0, 0.05) is 18.7 Å². The summed E-state index contributed by atoms with van der Waals surface area (Å²) < 4.78 is 34.5. The summed E-state index contributed by atoms with van der Waals surface area (Å²) in [6.07, 6.45) is 9.51. The van der Waals surface area contributed by atoms with Gasteiger partial charge in [-0.1, -0.05) is 67.8 Å². The van der Waals surface area contributed by atoms with Crippen molar-refractivity contribution in [2.24, 2.45) is 0 Å². The van der Waals surface area contributed by atoms with Gasteiger partial charge in [0.25, 0.3) is 0 Å². The molecule has 0 saturated heterocycles. The molecule has 1 heterocycles. The van der Waals surface area contributed by atoms with Gasteiger partial charge in [-0.25, -0.2) is 19.2 Å². The molecular weight excluding hydrogens is 831 g/mol. The van der Waals surface area contributed by atoms with E-state index < -0.39 is 47.1 Å². The van der Waals surface area contributed by atoms with Crippen LogP contribution in [0.2, 0.25) is 0 Å². The summed E-state index contributed by atoms with van der Waals surface area (Å²) in [6.45, 7) is 8.59. The van der Waals surface area contributed by atoms with Crippen molar-refractivity contribution in [1.82, 2.24) is 4.57 Å². The Kier molecular flexibility index (Phi) is 17.2. The smallest absolute Gasteiger partial charge is 0.343 e. The van der Waals surface area contributed by atoms with E-state index in [0.717, 1.165) is 95.2 Å². The minimum atomic E-state index is -0.852. The molecule has 0 aliphatic heterocycles. The largest absolute Gasteiger partial charge is 0.494 e. The average molecular weight is 884 g/mol. The summed E-state index contributed by atoms with van der Waals surface area (Å²) in [5, 5.41) is 25.9. The summed E-state index contributed by atoms with van der Waals surface area (Å²) in [4.78, 5) is 49.7. The average Bonchev–Trinajstić information content (AvgIpc) is 3.54. The third kappa shape index (κ3) is 13.5. The SMILES string of the molecule is C=CC(=O)OCCCCCCOc1ccc2cc(C(=O)Oc3c(OC(=O)c4ccc5cc(OCCCCCCOC(=O)C=C)ccc5c4)c(O)n(CCc4ccccc4)c3O)ccc2c1. The summed E-state index contributed by atoms with van der Waals surface area (Å²) in [6, 6.07) is 30.3. The number of hydrogen-bond donors (Lipinski definition) is 2. The first-order valence-electron chi connectivity index (χ1n) is 21.7. The fourth-order valence-electron chi connectivity index (χ4n) is 6.97. The third-order valence-corrected chi connectivity index (χ3v) is 10.5. The standard InChI is InChI=1S/C52H53NO12/c1-3-45(54)62-30-14-7-5-12-28-60-43-24-22-37-32-41(20-18-39(37)34-43)51(58)64-47-48(50(57)53(49(47)56)27-26-36-16-10-9-11-17-36)65-52(59)42-21-19-40-35-44(25-23-38(40)33-42)61-29-13-6-8-15-31-63-46(55)4-2/h3-4,9-11,16-25,32-35,56-57H,1-2,5-8,12-15,26-31H2. The van der Waals surface area contributed by atoms with E-state index >= 15 is 0 Å². The topological polar surface area (TPSA) is 169 Å². The molecule has 338 valence electrons. The van der Waals surface area contributed by atoms with Crippen LogP contribution in [0.5, 0.6) is 34.8 Å². The van der Waals surface area contributed by atoms with Gasteiger partial charge in [-0.15, -0.1) is 0 Å². The highest BCUT2D eigenvalue weighted by Crippen LogP contribution is 2.48. The van der Waals surface area contributed by atoms with Crippen molar-refractivity contribution in [3.8, 4) is 34.8 Å². The van der Waals surface area contributed by atoms with Gasteiger partial charge in [0.2, 0.25) is 23.3 Å². The van der Waals surface area contributed by atoms with Crippen LogP contribution in [0.15, 0.2) is 128 Å². The van der Waals surface area contributed by atoms with E-state index in [1.165, 1.54) is 0 Å². The molecule has 0 aliphatic rings. The van der Waals surface area contributed by atoms with Gasteiger partial charge in [0.15, 0.2) is 0 Å². The van der Waals surface area contributed by atoms with Crippen molar-refractivity contribution < 1.29 is 57.8 Å². The summed E-state index contributed by atoms with van der Waals surface area (Å²) in [7, 11) is 0. The molecule has 0 amide bonds. The first-order valence-corrected chi connectivity index (χ1v) is 21.7. The maximum atomic E-state index is 13.7. The molecule has 1 aromatic heterocycles. The summed E-state index contributed by atoms with van der Waals surface area (Å²) in [5.41, 5.74) is 1.23. The van der Waals surface area contributed by atoms with E-state index in [2.05, 4.69) is 13.2 Å². The number of hydrogen-bond acceptors (Lipinski definition) is 12. The van der Waals surface area contributed by atoms with Crippen LogP contribution in [0.4, 0.5) is 0 Å². The number of fused-ring (bicyclic) bond motifs is 2. The van der Waals surface area contributed by atoms with Crippen LogP contribution in [0.3, 0.4) is 0 Å². The molecule has 2 N–H and O–H groups in total. The lowest BCUT2D eigenvalue weighted by atomic mass is 10.1. The molecule has 0 aliphatic carbocycles. The molecule has 0 fully saturated rings. The lowest BCUT2D eigenvalue weighted by Crippen LogP contribution is -2.12. The van der Waals surface area contributed by atoms with E-state index in [0.29, 0.717) is 44.3 Å². The van der Waals surface area contributed by atoms with Crippen molar-refractivity contribution in [2.75, 3.05) is 26.4 Å². The van der Waals surface area contributed by atoms with Crippen LogP contribution >= 0.6 is 0 Å². The number of esters is 4. The first kappa shape index (κ1) is 47.0. The van der Waals surface area contributed by atoms with Gasteiger partial charge in [-0.3, -0.25) is 4.57 Å². The number of nitrogens with zero attached hydrogens (tertiary/aromatic N) is 1. The van der Waals surface area contributed by atoms with E-state index in [1.807, 2.05) is 54.6 Å². The Morgan fingerprint density at radius 3 is 1.37 bits per heavy atom. The molecule has 0 bridgehead atoms. The Morgan fingerprint density at radius 2 is 0.923 bits per heavy atom. The lowest BCUT2D eigenvalue weighted by molar-refractivity contribution is -0.138. The van der Waals surface area contributed by atoms with Gasteiger partial charge < -0.3 is 38.6 Å². The zero-order valence-electron chi connectivity index (χ0n) is 36.2. The molecule has 6 aromatic rings. The number of carbonyl (C=O) groups is 4. The lowest BCUT2D eigenvalue weighted by Gasteiger charge is -2.10. The molecule has 5 aromatic carbocycles. The van der Waals surface area contributed by atoms with Crippen LogP contribution in [-0.2, 0) is 32.0 Å². The van der Waals surface area contributed by atoms with Gasteiger partial charge >= 0.3 is 23.9 Å². The van der Waals surface area contributed by atoms with Crippen LogP contribution in [0.25, 0.3) is 21.5 Å². The van der Waals surface area contributed by atoms with Gasteiger partial charge in [-0.05, 0) is 133 Å². The number of benzene rings is 5. The van der Waals surface area contributed by atoms with Crippen molar-refractivity contribution in [3.05, 3.63) is 145 Å². The Hall–Kier alpha value is -7.54. The number of rotatable bonds is 25. The number of carbonyl (C=O) groups excluding carboxylic acids is 4. The van der Waals surface area contributed by atoms with E-state index in [4.69, 9.17) is 28.4 Å². The number of ether oxygens (including phenoxy) is 6. The molecule has 13 nitrogen and oxygen atoms in total. The number of aromatic nitrogens is 1. The number of aromatic hydroxyl groups is 2. The summed E-state index contributed by atoms with van der Waals surface area (Å²) in [5.74, 6) is -3.40. The fourth-order valence-corrected chi connectivity index (χ4v) is 6.97. The Bertz CT molecular complexity index is 2460. The van der Waals surface area contributed by atoms with E-state index in [-0.39, 0.29) is 17.7 Å². The number of unbranched alkanes of at least 4 members (excludes halogenated alkanes) is 6. The molecule has 0 saturated carbocycles. The molecule has 65 heavy (non-hydrogen) atoms. The van der Waals surface area contributed by atoms with E-state index in [9.17, 15) is 29.4 Å². The van der Waals surface area contributed by atoms with Gasteiger partial charge in [0.1, 0.15) is 11.5 Å². The quantitative estimate of drug-likeness (QED) is 0.0318. The highest BCUT2D eigenvalue weighted by atomic mass is 16.6. The van der Waals surface area contributed by atoms with Crippen molar-refractivity contribution >= 4 is 45.4 Å². The molecule has 0 radical (unpaired) electrons. The maximum absolute atomic E-state index is 13.7. The minimum absolute atomic E-state index is 0.0744. The molecule has 6 rings (SSSR count). The monoisotopic (exact) mass is 883 g/mol. The zero-order valence-corrected chi connectivity index (χ0v) is 36.2. The number of aryl methyl sites for hydroxylation is 1. The van der Waals surface area contributed by atoms with Crippen LogP contribution in [0.1, 0.15) is 77.6 Å². The minimum Gasteiger partial charge on any atom is -0.494 e. The van der Waals surface area contributed by atoms with Crippen molar-refractivity contribution in [1.29, 1.82) is 0 Å². The van der Waals surface area contributed by atoms with Crippen LogP contribution < -0.4 is 18.9 Å². The second-order valence-corrected chi connectivity index (χ2v) is 15.2. The highest BCUT2D eigenvalue weighted by molar-refractivity contribution is 5.99. The van der Waals surface area contributed by atoms with Gasteiger partial charge in [0.05, 0.1) is 37.6 Å². The molecule has 0 spiro atoms. The highest BCUT2D eigenvalue weighted by Gasteiger charge is 2.30. The van der Waals surface area contributed by atoms with E-state index in [1.54, 1.807) is 48.5 Å². The molecule has 0 unspecified atom stereocenters. The van der Waals surface area contributed by atoms with Crippen LogP contribution in [-0.4, -0.2) is 65.1 Å². The molecule has 0 atom stereocenters. The zero-order chi connectivity index (χ0) is 46.0. The second kappa shape index (κ2) is 23.8. The third-order valence-electron chi connectivity index (χ3n) is 10.5. The predicted molar refractivity (Wildman–Crippen MR) is 246 cm³/mol. The van der Waals surface area contributed by atoms with Crippen molar-refractivity contribution in [3.63, 3.8) is 0 Å². The second-order valence-electron chi connectivity index (χ2n) is 15.2.